The number of nitrogens with one attached hydrogen (secondary N) is 1. The van der Waals surface area contributed by atoms with Gasteiger partial charge in [-0.2, -0.15) is 0 Å². The van der Waals surface area contributed by atoms with Crippen LogP contribution in [-0.4, -0.2) is 19.5 Å². The van der Waals surface area contributed by atoms with Gasteiger partial charge in [0.1, 0.15) is 11.5 Å². The van der Waals surface area contributed by atoms with Crippen LogP contribution in [0.1, 0.15) is 38.1 Å². The van der Waals surface area contributed by atoms with Gasteiger partial charge in [-0.05, 0) is 37.1 Å². The average molecular weight is 360 g/mol. The van der Waals surface area contributed by atoms with Crippen LogP contribution in [0.25, 0.3) is 33.5 Å². The maximum atomic E-state index is 13.9. The SMILES string of the molecule is Fc1cccc(-c2ncn(C3CCCCC3)c2-c2ccnc3[nH]ccc23)c1. The molecule has 0 unspecified atom stereocenters. The molecule has 0 aliphatic heterocycles. The van der Waals surface area contributed by atoms with Crippen molar-refractivity contribution in [2.24, 2.45) is 0 Å². The summed E-state index contributed by atoms with van der Waals surface area (Å²) < 4.78 is 16.2. The third-order valence-electron chi connectivity index (χ3n) is 5.58. The number of hydrogen-bond donors (Lipinski definition) is 1. The van der Waals surface area contributed by atoms with Gasteiger partial charge in [-0.25, -0.2) is 14.4 Å². The summed E-state index contributed by atoms with van der Waals surface area (Å²) in [6.07, 6.45) is 11.8. The molecule has 0 radical (unpaired) electrons. The first-order valence-corrected chi connectivity index (χ1v) is 9.56. The van der Waals surface area contributed by atoms with Crippen LogP contribution < -0.4 is 0 Å². The zero-order valence-electron chi connectivity index (χ0n) is 15.0. The van der Waals surface area contributed by atoms with Crippen molar-refractivity contribution in [1.82, 2.24) is 19.5 Å². The third kappa shape index (κ3) is 2.83. The summed E-state index contributed by atoms with van der Waals surface area (Å²) in [7, 11) is 0. The van der Waals surface area contributed by atoms with Crippen molar-refractivity contribution in [2.45, 2.75) is 38.1 Å². The van der Waals surface area contributed by atoms with Gasteiger partial charge in [-0.15, -0.1) is 0 Å². The number of hydrogen-bond acceptors (Lipinski definition) is 2. The number of imidazole rings is 1. The fraction of sp³-hybridized carbons (Fsp3) is 0.273. The van der Waals surface area contributed by atoms with E-state index >= 15 is 0 Å². The highest BCUT2D eigenvalue weighted by Crippen LogP contribution is 2.39. The first kappa shape index (κ1) is 16.2. The number of aromatic nitrogens is 4. The lowest BCUT2D eigenvalue weighted by atomic mass is 9.94. The summed E-state index contributed by atoms with van der Waals surface area (Å²) >= 11 is 0. The molecule has 1 aliphatic carbocycles. The summed E-state index contributed by atoms with van der Waals surface area (Å²) in [5.74, 6) is -0.243. The third-order valence-corrected chi connectivity index (χ3v) is 5.58. The second-order valence-electron chi connectivity index (χ2n) is 7.25. The highest BCUT2D eigenvalue weighted by molar-refractivity contribution is 5.95. The zero-order chi connectivity index (χ0) is 18.2. The molecular formula is C22H21FN4. The Labute approximate surface area is 157 Å². The van der Waals surface area contributed by atoms with Crippen molar-refractivity contribution >= 4 is 11.0 Å². The lowest BCUT2D eigenvalue weighted by Crippen LogP contribution is -2.13. The fourth-order valence-corrected chi connectivity index (χ4v) is 4.28. The van der Waals surface area contributed by atoms with Gasteiger partial charge in [-0.3, -0.25) is 0 Å². The normalized spacial score (nSPS) is 15.4. The largest absolute Gasteiger partial charge is 0.346 e. The quantitative estimate of drug-likeness (QED) is 0.506. The number of halogens is 1. The van der Waals surface area contributed by atoms with E-state index in [0.717, 1.165) is 46.4 Å². The van der Waals surface area contributed by atoms with Crippen LogP contribution >= 0.6 is 0 Å². The number of nitrogens with zero attached hydrogens (tertiary/aromatic N) is 3. The van der Waals surface area contributed by atoms with Crippen LogP contribution in [0.5, 0.6) is 0 Å². The van der Waals surface area contributed by atoms with E-state index < -0.39 is 0 Å². The average Bonchev–Trinajstić information content (AvgIpc) is 3.35. The number of aromatic amines is 1. The van der Waals surface area contributed by atoms with Crippen molar-refractivity contribution in [3.63, 3.8) is 0 Å². The van der Waals surface area contributed by atoms with Crippen LogP contribution in [-0.2, 0) is 0 Å². The molecule has 5 heteroatoms. The lowest BCUT2D eigenvalue weighted by Gasteiger charge is -2.25. The minimum Gasteiger partial charge on any atom is -0.346 e. The van der Waals surface area contributed by atoms with Crippen molar-refractivity contribution in [3.05, 3.63) is 60.9 Å². The smallest absolute Gasteiger partial charge is 0.137 e. The van der Waals surface area contributed by atoms with Gasteiger partial charge in [0, 0.05) is 34.9 Å². The van der Waals surface area contributed by atoms with E-state index in [1.165, 1.54) is 25.3 Å². The molecule has 3 heterocycles. The summed E-state index contributed by atoms with van der Waals surface area (Å²) in [6.45, 7) is 0. The molecule has 5 rings (SSSR count). The van der Waals surface area contributed by atoms with Gasteiger partial charge >= 0.3 is 0 Å². The maximum absolute atomic E-state index is 13.9. The second kappa shape index (κ2) is 6.65. The molecule has 4 nitrogen and oxygen atoms in total. The van der Waals surface area contributed by atoms with Crippen molar-refractivity contribution in [2.75, 3.05) is 0 Å². The summed E-state index contributed by atoms with van der Waals surface area (Å²) in [4.78, 5) is 12.3. The van der Waals surface area contributed by atoms with Crippen LogP contribution in [0.15, 0.2) is 55.1 Å². The molecule has 1 saturated carbocycles. The van der Waals surface area contributed by atoms with E-state index in [2.05, 4.69) is 14.5 Å². The number of rotatable bonds is 3. The highest BCUT2D eigenvalue weighted by Gasteiger charge is 2.23. The van der Waals surface area contributed by atoms with E-state index in [0.29, 0.717) is 6.04 Å². The Morgan fingerprint density at radius 2 is 1.93 bits per heavy atom. The molecule has 1 aromatic carbocycles. The van der Waals surface area contributed by atoms with Crippen molar-refractivity contribution in [1.29, 1.82) is 0 Å². The predicted octanol–water partition coefficient (Wildman–Crippen LogP) is 5.74. The molecule has 1 N–H and O–H groups in total. The van der Waals surface area contributed by atoms with Crippen molar-refractivity contribution in [3.8, 4) is 22.5 Å². The molecule has 0 amide bonds. The zero-order valence-corrected chi connectivity index (χ0v) is 15.0. The minimum atomic E-state index is -0.243. The predicted molar refractivity (Wildman–Crippen MR) is 105 cm³/mol. The molecule has 0 saturated heterocycles. The van der Waals surface area contributed by atoms with Gasteiger partial charge in [0.05, 0.1) is 17.7 Å². The lowest BCUT2D eigenvalue weighted by molar-refractivity contribution is 0.355. The topological polar surface area (TPSA) is 46.5 Å². The Morgan fingerprint density at radius 1 is 1.04 bits per heavy atom. The minimum absolute atomic E-state index is 0.243. The molecule has 1 fully saturated rings. The first-order chi connectivity index (χ1) is 13.3. The number of H-pyrrole nitrogens is 1. The molecule has 136 valence electrons. The fourth-order valence-electron chi connectivity index (χ4n) is 4.28. The van der Waals surface area contributed by atoms with E-state index in [9.17, 15) is 4.39 Å². The monoisotopic (exact) mass is 360 g/mol. The number of fused-ring (bicyclic) bond motifs is 1. The molecule has 27 heavy (non-hydrogen) atoms. The number of benzene rings is 1. The van der Waals surface area contributed by atoms with Gasteiger partial charge < -0.3 is 9.55 Å². The first-order valence-electron chi connectivity index (χ1n) is 9.56. The molecule has 4 aromatic rings. The Kier molecular flexibility index (Phi) is 4.00. The Bertz CT molecular complexity index is 1090. The maximum Gasteiger partial charge on any atom is 0.137 e. The van der Waals surface area contributed by atoms with Crippen LogP contribution in [0, 0.1) is 5.82 Å². The van der Waals surface area contributed by atoms with Gasteiger partial charge in [0.2, 0.25) is 0 Å². The standard InChI is InChI=1S/C22H21FN4/c23-16-6-4-5-15(13-16)20-21(18-9-11-24-22-19(18)10-12-25-22)27(14-26-20)17-7-2-1-3-8-17/h4-6,9-14,17H,1-3,7-8H2,(H,24,25). The van der Waals surface area contributed by atoms with Gasteiger partial charge in [0.15, 0.2) is 0 Å². The Balaban J connectivity index is 1.75. The summed E-state index contributed by atoms with van der Waals surface area (Å²) in [5.41, 5.74) is 4.63. The molecule has 0 atom stereocenters. The number of pyridine rings is 1. The van der Waals surface area contributed by atoms with Crippen LogP contribution in [0.3, 0.4) is 0 Å². The van der Waals surface area contributed by atoms with E-state index in [-0.39, 0.29) is 5.82 Å². The van der Waals surface area contributed by atoms with Crippen LogP contribution in [0.2, 0.25) is 0 Å². The molecule has 0 spiro atoms. The van der Waals surface area contributed by atoms with Gasteiger partial charge in [-0.1, -0.05) is 31.4 Å². The summed E-state index contributed by atoms with van der Waals surface area (Å²) in [6, 6.07) is 11.2. The second-order valence-corrected chi connectivity index (χ2v) is 7.25. The molecule has 1 aliphatic rings. The van der Waals surface area contributed by atoms with E-state index in [1.54, 1.807) is 12.1 Å². The van der Waals surface area contributed by atoms with Crippen LogP contribution in [0.4, 0.5) is 4.39 Å². The van der Waals surface area contributed by atoms with Gasteiger partial charge in [0.25, 0.3) is 0 Å². The summed E-state index contributed by atoms with van der Waals surface area (Å²) in [5, 5.41) is 1.06. The Hall–Kier alpha value is -2.95. The van der Waals surface area contributed by atoms with E-state index in [1.807, 2.05) is 36.9 Å². The molecular weight excluding hydrogens is 339 g/mol. The Morgan fingerprint density at radius 3 is 2.78 bits per heavy atom. The van der Waals surface area contributed by atoms with Crippen molar-refractivity contribution < 1.29 is 4.39 Å². The highest BCUT2D eigenvalue weighted by atomic mass is 19.1. The molecule has 3 aromatic heterocycles. The molecule has 0 bridgehead atoms. The van der Waals surface area contributed by atoms with E-state index in [4.69, 9.17) is 4.98 Å².